The van der Waals surface area contributed by atoms with Crippen molar-refractivity contribution in [1.29, 1.82) is 0 Å². The molecule has 0 radical (unpaired) electrons. The van der Waals surface area contributed by atoms with Crippen LogP contribution < -0.4 is 10.2 Å². The molecule has 3 heteroatoms. The van der Waals surface area contributed by atoms with Gasteiger partial charge in [-0.1, -0.05) is 6.07 Å². The molecular formula is C13H19N3. The van der Waals surface area contributed by atoms with Crippen LogP contribution in [-0.2, 0) is 0 Å². The summed E-state index contributed by atoms with van der Waals surface area (Å²) in [4.78, 5) is 6.94. The minimum atomic E-state index is 0.692. The Hall–Kier alpha value is -1.09. The highest BCUT2D eigenvalue weighted by atomic mass is 15.2. The van der Waals surface area contributed by atoms with Gasteiger partial charge in [-0.05, 0) is 43.9 Å². The molecule has 0 spiro atoms. The van der Waals surface area contributed by atoms with Crippen LogP contribution in [0.3, 0.4) is 0 Å². The van der Waals surface area contributed by atoms with Gasteiger partial charge in [0.2, 0.25) is 0 Å². The molecule has 2 aliphatic heterocycles. The number of rotatable bonds is 1. The van der Waals surface area contributed by atoms with Gasteiger partial charge >= 0.3 is 0 Å². The summed E-state index contributed by atoms with van der Waals surface area (Å²) in [6, 6.07) is 4.99. The third kappa shape index (κ3) is 1.80. The van der Waals surface area contributed by atoms with Crippen LogP contribution in [0.5, 0.6) is 0 Å². The highest BCUT2D eigenvalue weighted by molar-refractivity contribution is 5.41. The lowest BCUT2D eigenvalue weighted by Crippen LogP contribution is -2.40. The topological polar surface area (TPSA) is 28.2 Å². The molecule has 1 N–H and O–H groups in total. The largest absolute Gasteiger partial charge is 0.355 e. The van der Waals surface area contributed by atoms with Gasteiger partial charge < -0.3 is 10.2 Å². The molecule has 0 unspecified atom stereocenters. The van der Waals surface area contributed by atoms with Crippen LogP contribution in [0.15, 0.2) is 18.3 Å². The van der Waals surface area contributed by atoms with Gasteiger partial charge in [0.1, 0.15) is 5.82 Å². The van der Waals surface area contributed by atoms with Crippen LogP contribution in [0.2, 0.25) is 0 Å². The van der Waals surface area contributed by atoms with E-state index in [0.717, 1.165) is 18.3 Å². The van der Waals surface area contributed by atoms with Gasteiger partial charge in [-0.3, -0.25) is 0 Å². The van der Waals surface area contributed by atoms with Crippen molar-refractivity contribution in [3.8, 4) is 0 Å². The smallest absolute Gasteiger partial charge is 0.128 e. The molecule has 0 bridgehead atoms. The van der Waals surface area contributed by atoms with Crippen molar-refractivity contribution in [3.05, 3.63) is 23.9 Å². The lowest BCUT2D eigenvalue weighted by molar-refractivity contribution is 0.340. The number of pyridine rings is 1. The van der Waals surface area contributed by atoms with E-state index in [9.17, 15) is 0 Å². The molecule has 86 valence electrons. The Morgan fingerprint density at radius 1 is 1.38 bits per heavy atom. The van der Waals surface area contributed by atoms with E-state index >= 15 is 0 Å². The standard InChI is InChI=1S/C13H19N3/c1-10-4-5-13(15-7-10)16-8-11-3-2-6-14-12(11)9-16/h4-5,7,11-12,14H,2-3,6,8-9H2,1H3/t11-,12+/m0/s1. The van der Waals surface area contributed by atoms with E-state index in [1.54, 1.807) is 0 Å². The fourth-order valence-corrected chi connectivity index (χ4v) is 2.88. The Balaban J connectivity index is 1.75. The highest BCUT2D eigenvalue weighted by Crippen LogP contribution is 2.27. The van der Waals surface area contributed by atoms with Crippen molar-refractivity contribution in [3.63, 3.8) is 0 Å². The Kier molecular flexibility index (Phi) is 2.56. The normalized spacial score (nSPS) is 29.2. The number of fused-ring (bicyclic) bond motifs is 1. The molecule has 0 aromatic carbocycles. The molecule has 1 aromatic heterocycles. The van der Waals surface area contributed by atoms with Crippen molar-refractivity contribution in [2.75, 3.05) is 24.5 Å². The van der Waals surface area contributed by atoms with E-state index in [1.807, 2.05) is 6.20 Å². The summed E-state index contributed by atoms with van der Waals surface area (Å²) < 4.78 is 0. The molecule has 2 atom stereocenters. The maximum atomic E-state index is 4.52. The van der Waals surface area contributed by atoms with Gasteiger partial charge in [-0.2, -0.15) is 0 Å². The van der Waals surface area contributed by atoms with Crippen LogP contribution in [-0.4, -0.2) is 30.7 Å². The molecule has 3 heterocycles. The highest BCUT2D eigenvalue weighted by Gasteiger charge is 2.34. The Morgan fingerprint density at radius 2 is 2.31 bits per heavy atom. The second kappa shape index (κ2) is 4.06. The third-order valence-electron chi connectivity index (χ3n) is 3.82. The first-order valence-corrected chi connectivity index (χ1v) is 6.24. The van der Waals surface area contributed by atoms with Crippen molar-refractivity contribution in [2.45, 2.75) is 25.8 Å². The molecule has 3 rings (SSSR count). The average Bonchev–Trinajstić information content (AvgIpc) is 2.73. The van der Waals surface area contributed by atoms with E-state index in [-0.39, 0.29) is 0 Å². The molecule has 0 amide bonds. The van der Waals surface area contributed by atoms with E-state index in [4.69, 9.17) is 0 Å². The number of nitrogens with one attached hydrogen (secondary N) is 1. The van der Waals surface area contributed by atoms with Crippen LogP contribution >= 0.6 is 0 Å². The van der Waals surface area contributed by atoms with Gasteiger partial charge in [0, 0.05) is 25.3 Å². The van der Waals surface area contributed by atoms with Gasteiger partial charge in [-0.15, -0.1) is 0 Å². The number of aryl methyl sites for hydroxylation is 1. The van der Waals surface area contributed by atoms with Crippen molar-refractivity contribution < 1.29 is 0 Å². The van der Waals surface area contributed by atoms with E-state index in [2.05, 4.69) is 34.3 Å². The molecule has 0 saturated carbocycles. The molecule has 2 aliphatic rings. The minimum absolute atomic E-state index is 0.692. The van der Waals surface area contributed by atoms with Gasteiger partial charge in [0.05, 0.1) is 0 Å². The number of anilines is 1. The van der Waals surface area contributed by atoms with Gasteiger partial charge in [0.15, 0.2) is 0 Å². The molecular weight excluding hydrogens is 198 g/mol. The monoisotopic (exact) mass is 217 g/mol. The Labute approximate surface area is 96.9 Å². The quantitative estimate of drug-likeness (QED) is 0.774. The van der Waals surface area contributed by atoms with Crippen LogP contribution in [0.4, 0.5) is 5.82 Å². The summed E-state index contributed by atoms with van der Waals surface area (Å²) in [5, 5.41) is 3.62. The van der Waals surface area contributed by atoms with Crippen LogP contribution in [0.1, 0.15) is 18.4 Å². The fraction of sp³-hybridized carbons (Fsp3) is 0.615. The van der Waals surface area contributed by atoms with Crippen molar-refractivity contribution >= 4 is 5.82 Å². The predicted molar refractivity (Wildman–Crippen MR) is 65.7 cm³/mol. The molecule has 0 aliphatic carbocycles. The molecule has 2 saturated heterocycles. The number of aromatic nitrogens is 1. The summed E-state index contributed by atoms with van der Waals surface area (Å²) in [5.41, 5.74) is 1.23. The van der Waals surface area contributed by atoms with Gasteiger partial charge in [0.25, 0.3) is 0 Å². The SMILES string of the molecule is Cc1ccc(N2C[C@@H]3CCCN[C@@H]3C2)nc1. The Bertz CT molecular complexity index is 346. The van der Waals surface area contributed by atoms with Crippen molar-refractivity contribution in [1.82, 2.24) is 10.3 Å². The Morgan fingerprint density at radius 3 is 3.06 bits per heavy atom. The minimum Gasteiger partial charge on any atom is -0.355 e. The molecule has 2 fully saturated rings. The number of nitrogens with zero attached hydrogens (tertiary/aromatic N) is 2. The zero-order valence-corrected chi connectivity index (χ0v) is 9.82. The zero-order chi connectivity index (χ0) is 11.0. The predicted octanol–water partition coefficient (Wildman–Crippen LogP) is 1.58. The molecule has 16 heavy (non-hydrogen) atoms. The summed E-state index contributed by atoms with van der Waals surface area (Å²) >= 11 is 0. The summed E-state index contributed by atoms with van der Waals surface area (Å²) in [6.45, 7) is 5.58. The third-order valence-corrected chi connectivity index (χ3v) is 3.82. The fourth-order valence-electron chi connectivity index (χ4n) is 2.88. The first-order valence-electron chi connectivity index (χ1n) is 6.24. The molecule has 3 nitrogen and oxygen atoms in total. The number of hydrogen-bond acceptors (Lipinski definition) is 3. The maximum Gasteiger partial charge on any atom is 0.128 e. The van der Waals surface area contributed by atoms with Crippen LogP contribution in [0, 0.1) is 12.8 Å². The van der Waals surface area contributed by atoms with Crippen molar-refractivity contribution in [2.24, 2.45) is 5.92 Å². The first kappa shape index (κ1) is 10.1. The summed E-state index contributed by atoms with van der Waals surface area (Å²) in [6.07, 6.45) is 4.67. The first-order chi connectivity index (χ1) is 7.83. The number of hydrogen-bond donors (Lipinski definition) is 1. The van der Waals surface area contributed by atoms with E-state index in [0.29, 0.717) is 6.04 Å². The summed E-state index contributed by atoms with van der Waals surface area (Å²) in [5.74, 6) is 1.97. The lowest BCUT2D eigenvalue weighted by atomic mass is 9.94. The van der Waals surface area contributed by atoms with E-state index < -0.39 is 0 Å². The maximum absolute atomic E-state index is 4.52. The lowest BCUT2D eigenvalue weighted by Gasteiger charge is -2.24. The van der Waals surface area contributed by atoms with E-state index in [1.165, 1.54) is 31.5 Å². The molecule has 1 aromatic rings. The summed E-state index contributed by atoms with van der Waals surface area (Å²) in [7, 11) is 0. The van der Waals surface area contributed by atoms with Gasteiger partial charge in [-0.25, -0.2) is 4.98 Å². The number of piperidine rings is 1. The average molecular weight is 217 g/mol. The zero-order valence-electron chi connectivity index (χ0n) is 9.82. The second-order valence-corrected chi connectivity index (χ2v) is 5.06. The van der Waals surface area contributed by atoms with Crippen LogP contribution in [0.25, 0.3) is 0 Å². The second-order valence-electron chi connectivity index (χ2n) is 5.06.